The van der Waals surface area contributed by atoms with Gasteiger partial charge in [-0.05, 0) is 57.5 Å². The fourth-order valence-electron chi connectivity index (χ4n) is 2.86. The van der Waals surface area contributed by atoms with Crippen LogP contribution in [0.3, 0.4) is 0 Å². The van der Waals surface area contributed by atoms with Gasteiger partial charge in [-0.1, -0.05) is 29.8 Å². The number of nitrogens with one attached hydrogen (secondary N) is 2. The van der Waals surface area contributed by atoms with Gasteiger partial charge in [-0.15, -0.1) is 0 Å². The van der Waals surface area contributed by atoms with Gasteiger partial charge in [-0.25, -0.2) is 0 Å². The Labute approximate surface area is 165 Å². The highest BCUT2D eigenvalue weighted by Crippen LogP contribution is 2.26. The molecule has 2 aromatic carbocycles. The van der Waals surface area contributed by atoms with Crippen molar-refractivity contribution in [2.24, 2.45) is 0 Å². The smallest absolute Gasteiger partial charge is 0.257 e. The van der Waals surface area contributed by atoms with Crippen molar-refractivity contribution in [3.63, 3.8) is 0 Å². The lowest BCUT2D eigenvalue weighted by Gasteiger charge is -2.15. The van der Waals surface area contributed by atoms with E-state index in [2.05, 4.69) is 28.6 Å². The number of aryl methyl sites for hydroxylation is 2. The van der Waals surface area contributed by atoms with Crippen LogP contribution in [0.4, 0.5) is 17.1 Å². The fourth-order valence-corrected chi connectivity index (χ4v) is 2.86. The molecule has 0 aliphatic carbocycles. The number of para-hydroxylation sites is 2. The van der Waals surface area contributed by atoms with Crippen molar-refractivity contribution < 1.29 is 9.53 Å². The number of ether oxygens (including phenoxy) is 1. The maximum Gasteiger partial charge on any atom is 0.257 e. The molecule has 0 radical (unpaired) electrons. The molecule has 144 valence electrons. The number of benzene rings is 2. The molecule has 0 atom stereocenters. The summed E-state index contributed by atoms with van der Waals surface area (Å²) in [6.45, 7) is 8.00. The lowest BCUT2D eigenvalue weighted by molar-refractivity contribution is 0.102. The number of carbonyl (C=O) groups excluding carboxylic acids is 1. The second-order valence-corrected chi connectivity index (χ2v) is 7.02. The highest BCUT2D eigenvalue weighted by molar-refractivity contribution is 6.05. The van der Waals surface area contributed by atoms with Gasteiger partial charge in [0, 0.05) is 11.9 Å². The Morgan fingerprint density at radius 3 is 2.54 bits per heavy atom. The van der Waals surface area contributed by atoms with Crippen molar-refractivity contribution in [1.82, 2.24) is 4.98 Å². The molecule has 0 aliphatic heterocycles. The maximum atomic E-state index is 12.7. The third-order valence-corrected chi connectivity index (χ3v) is 4.16. The molecule has 28 heavy (non-hydrogen) atoms. The monoisotopic (exact) mass is 375 g/mol. The summed E-state index contributed by atoms with van der Waals surface area (Å²) in [5, 5.41) is 6.24. The first-order valence-corrected chi connectivity index (χ1v) is 9.29. The van der Waals surface area contributed by atoms with Gasteiger partial charge in [-0.2, -0.15) is 0 Å². The highest BCUT2D eigenvalue weighted by atomic mass is 16.5. The maximum absolute atomic E-state index is 12.7. The Morgan fingerprint density at radius 2 is 1.79 bits per heavy atom. The van der Waals surface area contributed by atoms with E-state index in [1.54, 1.807) is 18.5 Å². The number of aromatic nitrogens is 1. The topological polar surface area (TPSA) is 63.2 Å². The molecule has 0 bridgehead atoms. The largest absolute Gasteiger partial charge is 0.489 e. The van der Waals surface area contributed by atoms with E-state index in [1.165, 1.54) is 5.56 Å². The van der Waals surface area contributed by atoms with Crippen LogP contribution in [0.5, 0.6) is 5.75 Å². The van der Waals surface area contributed by atoms with Crippen LogP contribution < -0.4 is 15.4 Å². The van der Waals surface area contributed by atoms with Crippen LogP contribution in [0.15, 0.2) is 60.9 Å². The van der Waals surface area contributed by atoms with Crippen molar-refractivity contribution in [3.05, 3.63) is 77.6 Å². The Kier molecular flexibility index (Phi) is 5.94. The van der Waals surface area contributed by atoms with Crippen molar-refractivity contribution in [2.45, 2.75) is 33.8 Å². The standard InChI is InChI=1S/C23H25N3O2/c1-15(2)28-22-8-6-5-7-21(22)26-23(27)18-12-19(14-24-13-18)25-20-10-9-16(3)11-17(20)4/h5-15,25H,1-4H3,(H,26,27). The molecule has 0 unspecified atom stereocenters. The first kappa shape index (κ1) is 19.4. The highest BCUT2D eigenvalue weighted by Gasteiger charge is 2.12. The third-order valence-electron chi connectivity index (χ3n) is 4.16. The number of hydrogen-bond acceptors (Lipinski definition) is 4. The van der Waals surface area contributed by atoms with Gasteiger partial charge in [0.05, 0.1) is 29.2 Å². The number of nitrogens with zero attached hydrogens (tertiary/aromatic N) is 1. The molecule has 0 saturated heterocycles. The predicted octanol–water partition coefficient (Wildman–Crippen LogP) is 5.48. The summed E-state index contributed by atoms with van der Waals surface area (Å²) in [6, 6.07) is 15.4. The lowest BCUT2D eigenvalue weighted by Crippen LogP contribution is -2.15. The SMILES string of the molecule is Cc1ccc(Nc2cncc(C(=O)Nc3ccccc3OC(C)C)c2)c(C)c1. The van der Waals surface area contributed by atoms with E-state index in [-0.39, 0.29) is 12.0 Å². The van der Waals surface area contributed by atoms with E-state index in [4.69, 9.17) is 4.74 Å². The van der Waals surface area contributed by atoms with Crippen molar-refractivity contribution in [1.29, 1.82) is 0 Å². The average Bonchev–Trinajstić information content (AvgIpc) is 2.65. The summed E-state index contributed by atoms with van der Waals surface area (Å²) in [6.07, 6.45) is 3.27. The summed E-state index contributed by atoms with van der Waals surface area (Å²) in [7, 11) is 0. The number of hydrogen-bond donors (Lipinski definition) is 2. The van der Waals surface area contributed by atoms with Crippen molar-refractivity contribution >= 4 is 23.0 Å². The van der Waals surface area contributed by atoms with Crippen LogP contribution in [0.1, 0.15) is 35.3 Å². The zero-order valence-corrected chi connectivity index (χ0v) is 16.6. The van der Waals surface area contributed by atoms with Crippen molar-refractivity contribution in [3.8, 4) is 5.75 Å². The summed E-state index contributed by atoms with van der Waals surface area (Å²) in [4.78, 5) is 16.9. The Hall–Kier alpha value is -3.34. The molecule has 5 nitrogen and oxygen atoms in total. The number of rotatable bonds is 6. The minimum absolute atomic E-state index is 0.0185. The van der Waals surface area contributed by atoms with Crippen LogP contribution in [-0.2, 0) is 0 Å². The minimum Gasteiger partial charge on any atom is -0.489 e. The first-order valence-electron chi connectivity index (χ1n) is 9.29. The zero-order valence-electron chi connectivity index (χ0n) is 16.6. The van der Waals surface area contributed by atoms with Gasteiger partial charge < -0.3 is 15.4 Å². The van der Waals surface area contributed by atoms with Crippen LogP contribution >= 0.6 is 0 Å². The summed E-state index contributed by atoms with van der Waals surface area (Å²) >= 11 is 0. The van der Waals surface area contributed by atoms with Crippen LogP contribution in [0, 0.1) is 13.8 Å². The normalized spacial score (nSPS) is 10.6. The van der Waals surface area contributed by atoms with Gasteiger partial charge >= 0.3 is 0 Å². The molecular formula is C23H25N3O2. The Balaban J connectivity index is 1.78. The third kappa shape index (κ3) is 4.88. The van der Waals surface area contributed by atoms with Crippen LogP contribution in [0.25, 0.3) is 0 Å². The molecule has 3 rings (SSSR count). The molecule has 2 N–H and O–H groups in total. The minimum atomic E-state index is -0.239. The number of amides is 1. The predicted molar refractivity (Wildman–Crippen MR) is 114 cm³/mol. The summed E-state index contributed by atoms with van der Waals surface area (Å²) in [5.41, 5.74) is 5.18. The Bertz CT molecular complexity index is 983. The summed E-state index contributed by atoms with van der Waals surface area (Å²) < 4.78 is 5.76. The molecular weight excluding hydrogens is 350 g/mol. The molecule has 1 heterocycles. The Morgan fingerprint density at radius 1 is 1.00 bits per heavy atom. The molecule has 0 spiro atoms. The number of anilines is 3. The molecule has 5 heteroatoms. The molecule has 0 fully saturated rings. The van der Waals surface area contributed by atoms with Gasteiger partial charge in [0.25, 0.3) is 5.91 Å². The molecule has 3 aromatic rings. The van der Waals surface area contributed by atoms with Gasteiger partial charge in [0.2, 0.25) is 0 Å². The van der Waals surface area contributed by atoms with E-state index in [9.17, 15) is 4.79 Å². The quantitative estimate of drug-likeness (QED) is 0.599. The first-order chi connectivity index (χ1) is 13.4. The van der Waals surface area contributed by atoms with Crippen molar-refractivity contribution in [2.75, 3.05) is 10.6 Å². The van der Waals surface area contributed by atoms with Crippen LogP contribution in [-0.4, -0.2) is 17.0 Å². The van der Waals surface area contributed by atoms with E-state index in [0.29, 0.717) is 17.0 Å². The molecule has 1 amide bonds. The molecule has 0 aliphatic rings. The summed E-state index contributed by atoms with van der Waals surface area (Å²) in [5.74, 6) is 0.403. The molecule has 0 saturated carbocycles. The second-order valence-electron chi connectivity index (χ2n) is 7.02. The van der Waals surface area contributed by atoms with Gasteiger partial charge in [-0.3, -0.25) is 9.78 Å². The van der Waals surface area contributed by atoms with E-state index >= 15 is 0 Å². The molecule has 1 aromatic heterocycles. The fraction of sp³-hybridized carbons (Fsp3) is 0.217. The van der Waals surface area contributed by atoms with Gasteiger partial charge in [0.1, 0.15) is 5.75 Å². The van der Waals surface area contributed by atoms with E-state index in [0.717, 1.165) is 16.9 Å². The lowest BCUT2D eigenvalue weighted by atomic mass is 10.1. The average molecular weight is 375 g/mol. The number of pyridine rings is 1. The number of carbonyl (C=O) groups is 1. The van der Waals surface area contributed by atoms with E-state index < -0.39 is 0 Å². The second kappa shape index (κ2) is 8.57. The zero-order chi connectivity index (χ0) is 20.1. The van der Waals surface area contributed by atoms with E-state index in [1.807, 2.05) is 57.2 Å². The van der Waals surface area contributed by atoms with Crippen LogP contribution in [0.2, 0.25) is 0 Å². The van der Waals surface area contributed by atoms with Gasteiger partial charge in [0.15, 0.2) is 0 Å².